The number of hydrogen-bond donors (Lipinski definition) is 0. The average molecular weight is 292 g/mol. The van der Waals surface area contributed by atoms with E-state index in [4.69, 9.17) is 14.2 Å². The zero-order valence-corrected chi connectivity index (χ0v) is 14.7. The summed E-state index contributed by atoms with van der Waals surface area (Å²) in [4.78, 5) is 2.19. The molecule has 0 aliphatic carbocycles. The molecule has 0 aromatic heterocycles. The van der Waals surface area contributed by atoms with Crippen molar-refractivity contribution >= 4 is 9.52 Å². The molecule has 0 unspecified atom stereocenters. The highest BCUT2D eigenvalue weighted by molar-refractivity contribution is 6.35. The molecule has 0 aliphatic rings. The fourth-order valence-corrected chi connectivity index (χ4v) is 3.38. The van der Waals surface area contributed by atoms with Gasteiger partial charge in [0.2, 0.25) is 0 Å². The number of ether oxygens (including phenoxy) is 3. The summed E-state index contributed by atoms with van der Waals surface area (Å²) < 4.78 is 16.7. The van der Waals surface area contributed by atoms with E-state index in [0.717, 1.165) is 45.4 Å². The lowest BCUT2D eigenvalue weighted by atomic mass is 10.4. The Balaban J connectivity index is 3.24. The molecule has 116 valence electrons. The molecule has 0 atom stereocenters. The molecule has 0 aromatic rings. The smallest absolute Gasteiger partial charge is 0.154 e. The van der Waals surface area contributed by atoms with Gasteiger partial charge in [0, 0.05) is 35.9 Å². The lowest BCUT2D eigenvalue weighted by Crippen LogP contribution is -2.19. The van der Waals surface area contributed by atoms with E-state index in [1.54, 1.807) is 0 Å². The zero-order chi connectivity index (χ0) is 14.3. The fourth-order valence-electron chi connectivity index (χ4n) is 1.86. The van der Waals surface area contributed by atoms with Crippen molar-refractivity contribution in [3.63, 3.8) is 0 Å². The third-order valence-corrected chi connectivity index (χ3v) is 4.71. The van der Waals surface area contributed by atoms with E-state index in [1.807, 2.05) is 13.8 Å². The SMILES string of the molecule is CCOC(C[SiH2]CCCOCCCN(C)C)OCC. The Labute approximate surface area is 121 Å². The van der Waals surface area contributed by atoms with Crippen LogP contribution >= 0.6 is 0 Å². The first kappa shape index (κ1) is 19.1. The van der Waals surface area contributed by atoms with E-state index >= 15 is 0 Å². The predicted octanol–water partition coefficient (Wildman–Crippen LogP) is 1.75. The van der Waals surface area contributed by atoms with Crippen molar-refractivity contribution in [2.24, 2.45) is 0 Å². The summed E-state index contributed by atoms with van der Waals surface area (Å²) in [5.74, 6) is 0. The average Bonchev–Trinajstić information content (AvgIpc) is 2.37. The third-order valence-electron chi connectivity index (χ3n) is 2.83. The summed E-state index contributed by atoms with van der Waals surface area (Å²) in [5.41, 5.74) is 0. The van der Waals surface area contributed by atoms with Gasteiger partial charge in [-0.2, -0.15) is 0 Å². The maximum Gasteiger partial charge on any atom is 0.154 e. The van der Waals surface area contributed by atoms with Gasteiger partial charge in [0.15, 0.2) is 6.29 Å². The van der Waals surface area contributed by atoms with E-state index < -0.39 is 0 Å². The molecule has 0 radical (unpaired) electrons. The van der Waals surface area contributed by atoms with Crippen LogP contribution in [0.4, 0.5) is 0 Å². The Morgan fingerprint density at radius 1 is 1.00 bits per heavy atom. The van der Waals surface area contributed by atoms with E-state index in [1.165, 1.54) is 12.5 Å². The summed E-state index contributed by atoms with van der Waals surface area (Å²) >= 11 is 0. The van der Waals surface area contributed by atoms with Gasteiger partial charge < -0.3 is 19.1 Å². The normalized spacial score (nSPS) is 12.3. The van der Waals surface area contributed by atoms with Crippen molar-refractivity contribution < 1.29 is 14.2 Å². The molecule has 0 spiro atoms. The molecule has 0 amide bonds. The fraction of sp³-hybridized carbons (Fsp3) is 1.00. The van der Waals surface area contributed by atoms with Crippen molar-refractivity contribution in [3.05, 3.63) is 0 Å². The molecule has 4 nitrogen and oxygen atoms in total. The molecule has 0 bridgehead atoms. The molecule has 0 aliphatic heterocycles. The number of rotatable bonds is 14. The van der Waals surface area contributed by atoms with Gasteiger partial charge in [-0.25, -0.2) is 0 Å². The maximum absolute atomic E-state index is 5.62. The highest BCUT2D eigenvalue weighted by atomic mass is 28.2. The van der Waals surface area contributed by atoms with Gasteiger partial charge in [-0.3, -0.25) is 0 Å². The standard InChI is InChI=1S/C14H33NO3Si/c1-5-17-14(18-6-2)13-19-12-8-11-16-10-7-9-15(3)4/h14H,5-13,19H2,1-4H3. The van der Waals surface area contributed by atoms with Crippen molar-refractivity contribution in [1.82, 2.24) is 4.90 Å². The Hall–Kier alpha value is 0.0569. The zero-order valence-electron chi connectivity index (χ0n) is 13.3. The minimum atomic E-state index is -0.0673. The second-order valence-corrected chi connectivity index (χ2v) is 6.95. The largest absolute Gasteiger partial charge is 0.381 e. The van der Waals surface area contributed by atoms with Crippen LogP contribution in [0.2, 0.25) is 12.1 Å². The monoisotopic (exact) mass is 291 g/mol. The Morgan fingerprint density at radius 3 is 2.21 bits per heavy atom. The summed E-state index contributed by atoms with van der Waals surface area (Å²) in [7, 11) is 4.12. The summed E-state index contributed by atoms with van der Waals surface area (Å²) in [6.07, 6.45) is 2.36. The molecule has 0 aromatic carbocycles. The first-order valence-electron chi connectivity index (χ1n) is 7.66. The minimum Gasteiger partial charge on any atom is -0.381 e. The van der Waals surface area contributed by atoms with Gasteiger partial charge >= 0.3 is 0 Å². The highest BCUT2D eigenvalue weighted by Gasteiger charge is 2.07. The molecular formula is C14H33NO3Si. The highest BCUT2D eigenvalue weighted by Crippen LogP contribution is 2.04. The van der Waals surface area contributed by atoms with Crippen LogP contribution in [0.1, 0.15) is 26.7 Å². The molecule has 5 heteroatoms. The molecule has 0 saturated carbocycles. The van der Waals surface area contributed by atoms with Crippen LogP contribution in [0, 0.1) is 0 Å². The van der Waals surface area contributed by atoms with Crippen LogP contribution in [-0.4, -0.2) is 67.8 Å². The van der Waals surface area contributed by atoms with E-state index in [2.05, 4.69) is 19.0 Å². The molecule has 0 heterocycles. The number of hydrogen-bond acceptors (Lipinski definition) is 4. The van der Waals surface area contributed by atoms with Crippen LogP contribution in [0.25, 0.3) is 0 Å². The number of nitrogens with zero attached hydrogens (tertiary/aromatic N) is 1. The third kappa shape index (κ3) is 14.3. The van der Waals surface area contributed by atoms with Crippen LogP contribution in [0.15, 0.2) is 0 Å². The first-order chi connectivity index (χ1) is 9.20. The molecule has 0 saturated heterocycles. The Morgan fingerprint density at radius 2 is 1.63 bits per heavy atom. The lowest BCUT2D eigenvalue weighted by molar-refractivity contribution is -0.123. The van der Waals surface area contributed by atoms with Crippen molar-refractivity contribution in [3.8, 4) is 0 Å². The molecular weight excluding hydrogens is 258 g/mol. The van der Waals surface area contributed by atoms with Gasteiger partial charge in [-0.1, -0.05) is 6.04 Å². The summed E-state index contributed by atoms with van der Waals surface area (Å²) in [6.45, 7) is 8.44. The second kappa shape index (κ2) is 14.5. The van der Waals surface area contributed by atoms with Crippen LogP contribution in [0.3, 0.4) is 0 Å². The summed E-state index contributed by atoms with van der Waals surface area (Å²) in [6, 6.07) is 2.45. The lowest BCUT2D eigenvalue weighted by Gasteiger charge is -2.16. The molecule has 0 rings (SSSR count). The van der Waals surface area contributed by atoms with Crippen molar-refractivity contribution in [1.29, 1.82) is 0 Å². The van der Waals surface area contributed by atoms with Crippen LogP contribution < -0.4 is 0 Å². The Bertz CT molecular complexity index is 176. The predicted molar refractivity (Wildman–Crippen MR) is 83.8 cm³/mol. The topological polar surface area (TPSA) is 30.9 Å². The molecule has 19 heavy (non-hydrogen) atoms. The van der Waals surface area contributed by atoms with Crippen molar-refractivity contribution in [2.75, 3.05) is 47.1 Å². The minimum absolute atomic E-state index is 0.0441. The quantitative estimate of drug-likeness (QED) is 0.277. The van der Waals surface area contributed by atoms with E-state index in [9.17, 15) is 0 Å². The Kier molecular flexibility index (Phi) is 14.5. The van der Waals surface area contributed by atoms with Gasteiger partial charge in [0.05, 0.1) is 0 Å². The van der Waals surface area contributed by atoms with E-state index in [-0.39, 0.29) is 15.8 Å². The molecule has 0 N–H and O–H groups in total. The van der Waals surface area contributed by atoms with Gasteiger partial charge in [0.25, 0.3) is 0 Å². The molecule has 0 fully saturated rings. The second-order valence-electron chi connectivity index (χ2n) is 4.96. The maximum atomic E-state index is 5.62. The van der Waals surface area contributed by atoms with Gasteiger partial charge in [-0.15, -0.1) is 0 Å². The van der Waals surface area contributed by atoms with Crippen LogP contribution in [0.5, 0.6) is 0 Å². The van der Waals surface area contributed by atoms with Crippen LogP contribution in [-0.2, 0) is 14.2 Å². The van der Waals surface area contributed by atoms with E-state index in [0.29, 0.717) is 0 Å². The van der Waals surface area contributed by atoms with Crippen molar-refractivity contribution in [2.45, 2.75) is 45.1 Å². The first-order valence-corrected chi connectivity index (χ1v) is 9.66. The van der Waals surface area contributed by atoms with Gasteiger partial charge in [0.1, 0.15) is 0 Å². The van der Waals surface area contributed by atoms with Gasteiger partial charge in [-0.05, 0) is 53.4 Å². The summed E-state index contributed by atoms with van der Waals surface area (Å²) in [5, 5.41) is 0.